The van der Waals surface area contributed by atoms with Crippen molar-refractivity contribution in [1.29, 1.82) is 0 Å². The van der Waals surface area contributed by atoms with Gasteiger partial charge in [0, 0.05) is 18.8 Å². The van der Waals surface area contributed by atoms with Crippen molar-refractivity contribution in [3.8, 4) is 0 Å². The summed E-state index contributed by atoms with van der Waals surface area (Å²) in [7, 11) is 1.87. The molecule has 2 rings (SSSR count). The maximum atomic E-state index is 12.2. The summed E-state index contributed by atoms with van der Waals surface area (Å²) in [6, 6.07) is 0.247. The molecule has 18 heavy (non-hydrogen) atoms. The zero-order chi connectivity index (χ0) is 13.3. The zero-order valence-electron chi connectivity index (χ0n) is 11.9. The predicted octanol–water partition coefficient (Wildman–Crippen LogP) is 1.94. The van der Waals surface area contributed by atoms with E-state index in [2.05, 4.69) is 9.55 Å². The summed E-state index contributed by atoms with van der Waals surface area (Å²) in [5.41, 5.74) is 2.49. The van der Waals surface area contributed by atoms with Gasteiger partial charge in [-0.25, -0.2) is 4.98 Å². The second-order valence-corrected chi connectivity index (χ2v) is 5.44. The molecule has 0 fully saturated rings. The third kappa shape index (κ3) is 2.42. The van der Waals surface area contributed by atoms with Crippen molar-refractivity contribution in [3.05, 3.63) is 17.2 Å². The Morgan fingerprint density at radius 3 is 2.72 bits per heavy atom. The van der Waals surface area contributed by atoms with Crippen LogP contribution in [0.3, 0.4) is 0 Å². The maximum Gasteiger partial charge on any atom is 0.242 e. The maximum absolute atomic E-state index is 12.2. The lowest BCUT2D eigenvalue weighted by atomic mass is 10.0. The Kier molecular flexibility index (Phi) is 3.73. The van der Waals surface area contributed by atoms with Crippen molar-refractivity contribution in [2.24, 2.45) is 0 Å². The number of hydrogen-bond acceptors (Lipinski definition) is 2. The molecule has 0 atom stereocenters. The number of aromatic nitrogens is 2. The van der Waals surface area contributed by atoms with Gasteiger partial charge in [0.15, 0.2) is 0 Å². The second kappa shape index (κ2) is 5.12. The fourth-order valence-electron chi connectivity index (χ4n) is 2.48. The van der Waals surface area contributed by atoms with E-state index in [1.807, 2.05) is 27.8 Å². The normalized spacial score (nSPS) is 14.7. The first-order chi connectivity index (χ1) is 8.50. The first-order valence-corrected chi connectivity index (χ1v) is 6.81. The number of carbonyl (C=O) groups excluding carboxylic acids is 1. The van der Waals surface area contributed by atoms with Gasteiger partial charge in [0.2, 0.25) is 5.91 Å². The summed E-state index contributed by atoms with van der Waals surface area (Å²) in [6.07, 6.45) is 4.57. The molecular weight excluding hydrogens is 226 g/mol. The van der Waals surface area contributed by atoms with Crippen molar-refractivity contribution < 1.29 is 4.79 Å². The van der Waals surface area contributed by atoms with E-state index >= 15 is 0 Å². The first kappa shape index (κ1) is 13.1. The number of fused-ring (bicyclic) bond motifs is 1. The number of nitrogens with zero attached hydrogens (tertiary/aromatic N) is 3. The summed E-state index contributed by atoms with van der Waals surface area (Å²) < 4.78 is 2.11. The summed E-state index contributed by atoms with van der Waals surface area (Å²) >= 11 is 0. The van der Waals surface area contributed by atoms with Crippen LogP contribution in [0.5, 0.6) is 0 Å². The molecule has 1 heterocycles. The summed E-state index contributed by atoms with van der Waals surface area (Å²) in [5, 5.41) is 0. The van der Waals surface area contributed by atoms with E-state index in [1.165, 1.54) is 24.2 Å². The number of likely N-dealkylation sites (N-methyl/N-ethyl adjacent to an activating group) is 1. The Labute approximate surface area is 109 Å². The molecule has 0 bridgehead atoms. The number of rotatable bonds is 3. The lowest BCUT2D eigenvalue weighted by Crippen LogP contribution is -2.36. The monoisotopic (exact) mass is 249 g/mol. The van der Waals surface area contributed by atoms with Crippen molar-refractivity contribution in [1.82, 2.24) is 14.5 Å². The number of aryl methyl sites for hydroxylation is 2. The Bertz CT molecular complexity index is 448. The predicted molar refractivity (Wildman–Crippen MR) is 71.5 cm³/mol. The van der Waals surface area contributed by atoms with Gasteiger partial charge in [0.25, 0.3) is 0 Å². The minimum Gasteiger partial charge on any atom is -0.342 e. The van der Waals surface area contributed by atoms with Gasteiger partial charge in [-0.3, -0.25) is 4.79 Å². The van der Waals surface area contributed by atoms with Gasteiger partial charge in [-0.15, -0.1) is 0 Å². The van der Waals surface area contributed by atoms with Gasteiger partial charge in [0.1, 0.15) is 12.4 Å². The van der Waals surface area contributed by atoms with Crippen LogP contribution in [0.1, 0.15) is 43.9 Å². The van der Waals surface area contributed by atoms with E-state index in [4.69, 9.17) is 0 Å². The number of amides is 1. The van der Waals surface area contributed by atoms with Crippen LogP contribution >= 0.6 is 0 Å². The summed E-state index contributed by atoms with van der Waals surface area (Å²) in [6.45, 7) is 6.51. The second-order valence-electron chi connectivity index (χ2n) is 5.44. The minimum absolute atomic E-state index is 0.166. The zero-order valence-corrected chi connectivity index (χ0v) is 11.9. The van der Waals surface area contributed by atoms with E-state index in [0.717, 1.165) is 18.7 Å². The summed E-state index contributed by atoms with van der Waals surface area (Å²) in [5.74, 6) is 1.14. The molecule has 0 saturated carbocycles. The van der Waals surface area contributed by atoms with Crippen molar-refractivity contribution >= 4 is 5.91 Å². The van der Waals surface area contributed by atoms with Crippen LogP contribution < -0.4 is 0 Å². The standard InChI is InChI=1S/C14H23N3O/c1-10(2)16(4)14(18)9-17-11(3)15-12-7-5-6-8-13(12)17/h10H,5-9H2,1-4H3. The van der Waals surface area contributed by atoms with E-state index in [1.54, 1.807) is 4.90 Å². The molecule has 1 aliphatic carbocycles. The van der Waals surface area contributed by atoms with Crippen molar-refractivity contribution in [3.63, 3.8) is 0 Å². The van der Waals surface area contributed by atoms with Gasteiger partial charge >= 0.3 is 0 Å². The Morgan fingerprint density at radius 2 is 2.06 bits per heavy atom. The largest absolute Gasteiger partial charge is 0.342 e. The first-order valence-electron chi connectivity index (χ1n) is 6.81. The number of imidazole rings is 1. The molecule has 0 saturated heterocycles. The molecule has 100 valence electrons. The molecule has 0 spiro atoms. The molecule has 0 aliphatic heterocycles. The van der Waals surface area contributed by atoms with Gasteiger partial charge in [-0.2, -0.15) is 0 Å². The molecular formula is C14H23N3O. The quantitative estimate of drug-likeness (QED) is 0.821. The average molecular weight is 249 g/mol. The average Bonchev–Trinajstić information content (AvgIpc) is 2.65. The third-order valence-electron chi connectivity index (χ3n) is 3.88. The minimum atomic E-state index is 0.166. The molecule has 1 amide bonds. The van der Waals surface area contributed by atoms with E-state index in [0.29, 0.717) is 6.54 Å². The van der Waals surface area contributed by atoms with Gasteiger partial charge in [-0.05, 0) is 46.5 Å². The van der Waals surface area contributed by atoms with Crippen LogP contribution in [0.15, 0.2) is 0 Å². The molecule has 1 aliphatic rings. The molecule has 0 unspecified atom stereocenters. The third-order valence-corrected chi connectivity index (χ3v) is 3.88. The van der Waals surface area contributed by atoms with Crippen molar-refractivity contribution in [2.45, 2.75) is 59.0 Å². The summed E-state index contributed by atoms with van der Waals surface area (Å²) in [4.78, 5) is 18.6. The highest BCUT2D eigenvalue weighted by Crippen LogP contribution is 2.22. The highest BCUT2D eigenvalue weighted by Gasteiger charge is 2.21. The smallest absolute Gasteiger partial charge is 0.242 e. The van der Waals surface area contributed by atoms with Crippen LogP contribution in [0.4, 0.5) is 0 Å². The van der Waals surface area contributed by atoms with Gasteiger partial charge in [-0.1, -0.05) is 0 Å². The molecule has 4 heteroatoms. The molecule has 0 N–H and O–H groups in total. The Morgan fingerprint density at radius 1 is 1.39 bits per heavy atom. The molecule has 1 aromatic heterocycles. The van der Waals surface area contributed by atoms with Crippen LogP contribution in [-0.4, -0.2) is 33.4 Å². The molecule has 4 nitrogen and oxygen atoms in total. The van der Waals surface area contributed by atoms with Gasteiger partial charge < -0.3 is 9.47 Å². The molecule has 0 aromatic carbocycles. The fraction of sp³-hybridized carbons (Fsp3) is 0.714. The molecule has 0 radical (unpaired) electrons. The Balaban J connectivity index is 2.19. The number of hydrogen-bond donors (Lipinski definition) is 0. The fourth-order valence-corrected chi connectivity index (χ4v) is 2.48. The Hall–Kier alpha value is -1.32. The van der Waals surface area contributed by atoms with E-state index in [-0.39, 0.29) is 11.9 Å². The van der Waals surface area contributed by atoms with Gasteiger partial charge in [0.05, 0.1) is 5.69 Å². The lowest BCUT2D eigenvalue weighted by molar-refractivity contribution is -0.132. The highest BCUT2D eigenvalue weighted by atomic mass is 16.2. The van der Waals surface area contributed by atoms with E-state index < -0.39 is 0 Å². The molecule has 1 aromatic rings. The van der Waals surface area contributed by atoms with E-state index in [9.17, 15) is 4.79 Å². The van der Waals surface area contributed by atoms with Crippen LogP contribution in [0.25, 0.3) is 0 Å². The SMILES string of the molecule is Cc1nc2c(n1CC(=O)N(C)C(C)C)CCCC2. The van der Waals surface area contributed by atoms with Crippen LogP contribution in [-0.2, 0) is 24.2 Å². The van der Waals surface area contributed by atoms with Crippen LogP contribution in [0, 0.1) is 6.92 Å². The van der Waals surface area contributed by atoms with Crippen molar-refractivity contribution in [2.75, 3.05) is 7.05 Å². The lowest BCUT2D eigenvalue weighted by Gasteiger charge is -2.23. The van der Waals surface area contributed by atoms with Crippen LogP contribution in [0.2, 0.25) is 0 Å². The topological polar surface area (TPSA) is 38.1 Å². The number of carbonyl (C=O) groups is 1. The highest BCUT2D eigenvalue weighted by molar-refractivity contribution is 5.76.